The van der Waals surface area contributed by atoms with Gasteiger partial charge in [0, 0.05) is 13.0 Å². The van der Waals surface area contributed by atoms with Crippen LogP contribution < -0.4 is 0 Å². The fourth-order valence-corrected chi connectivity index (χ4v) is 1.79. The molecule has 0 heterocycles. The Bertz CT molecular complexity index is 476. The number of carbonyl (C=O) groups is 2. The van der Waals surface area contributed by atoms with Crippen molar-refractivity contribution in [3.05, 3.63) is 35.6 Å². The van der Waals surface area contributed by atoms with Crippen molar-refractivity contribution in [2.45, 2.75) is 26.3 Å². The molecule has 19 heavy (non-hydrogen) atoms. The number of hydrogen-bond donors (Lipinski definition) is 1. The molecule has 1 N–H and O–H groups in total. The predicted molar refractivity (Wildman–Crippen MR) is 69.1 cm³/mol. The lowest BCUT2D eigenvalue weighted by molar-refractivity contribution is -0.149. The summed E-state index contributed by atoms with van der Waals surface area (Å²) in [5, 5.41) is 8.86. The predicted octanol–water partition coefficient (Wildman–Crippen LogP) is 1.94. The van der Waals surface area contributed by atoms with Crippen LogP contribution >= 0.6 is 0 Å². The van der Waals surface area contributed by atoms with Crippen molar-refractivity contribution in [3.8, 4) is 0 Å². The van der Waals surface area contributed by atoms with Gasteiger partial charge in [0.25, 0.3) is 0 Å². The van der Waals surface area contributed by atoms with Gasteiger partial charge in [0.05, 0.1) is 0 Å². The number of nitrogens with zero attached hydrogens (tertiary/aromatic N) is 1. The third-order valence-electron chi connectivity index (χ3n) is 3.19. The Hall–Kier alpha value is -1.91. The number of carbonyl (C=O) groups excluding carboxylic acids is 1. The van der Waals surface area contributed by atoms with E-state index in [2.05, 4.69) is 0 Å². The summed E-state index contributed by atoms with van der Waals surface area (Å²) in [6.45, 7) is 3.11. The Morgan fingerprint density at radius 1 is 1.32 bits per heavy atom. The molecule has 4 nitrogen and oxygen atoms in total. The van der Waals surface area contributed by atoms with Gasteiger partial charge in [0.1, 0.15) is 11.9 Å². The van der Waals surface area contributed by atoms with E-state index < -0.39 is 17.9 Å². The van der Waals surface area contributed by atoms with Crippen molar-refractivity contribution in [2.24, 2.45) is 5.92 Å². The minimum Gasteiger partial charge on any atom is -0.480 e. The molecule has 1 amide bonds. The third kappa shape index (κ3) is 3.77. The molecule has 0 aromatic heterocycles. The van der Waals surface area contributed by atoms with E-state index in [0.29, 0.717) is 5.56 Å². The van der Waals surface area contributed by atoms with Crippen LogP contribution in [0.2, 0.25) is 0 Å². The number of aliphatic carboxylic acids is 1. The first-order chi connectivity index (χ1) is 8.84. The topological polar surface area (TPSA) is 57.6 Å². The summed E-state index contributed by atoms with van der Waals surface area (Å²) < 4.78 is 13.5. The van der Waals surface area contributed by atoms with Crippen molar-refractivity contribution in [1.82, 2.24) is 4.90 Å². The van der Waals surface area contributed by atoms with E-state index in [1.54, 1.807) is 25.1 Å². The average molecular weight is 267 g/mol. The zero-order valence-corrected chi connectivity index (χ0v) is 11.3. The molecule has 0 fully saturated rings. The molecule has 5 heteroatoms. The number of halogens is 1. The van der Waals surface area contributed by atoms with Crippen LogP contribution in [0.4, 0.5) is 4.39 Å². The summed E-state index contributed by atoms with van der Waals surface area (Å²) in [4.78, 5) is 24.0. The van der Waals surface area contributed by atoms with Crippen molar-refractivity contribution < 1.29 is 19.1 Å². The highest BCUT2D eigenvalue weighted by atomic mass is 19.1. The zero-order valence-electron chi connectivity index (χ0n) is 11.3. The van der Waals surface area contributed by atoms with Crippen LogP contribution in [0.3, 0.4) is 0 Å². The molecule has 0 saturated carbocycles. The second-order valence-corrected chi connectivity index (χ2v) is 4.66. The Morgan fingerprint density at radius 2 is 1.89 bits per heavy atom. The van der Waals surface area contributed by atoms with Crippen molar-refractivity contribution in [2.75, 3.05) is 7.05 Å². The van der Waals surface area contributed by atoms with Gasteiger partial charge in [-0.05, 0) is 25.0 Å². The van der Waals surface area contributed by atoms with Gasteiger partial charge in [-0.15, -0.1) is 0 Å². The molecule has 0 aliphatic heterocycles. The molecule has 0 aliphatic carbocycles. The second kappa shape index (κ2) is 6.31. The van der Waals surface area contributed by atoms with E-state index in [1.807, 2.05) is 0 Å². The summed E-state index contributed by atoms with van der Waals surface area (Å²) in [5.41, 5.74) is 0.458. The highest BCUT2D eigenvalue weighted by Gasteiger charge is 2.26. The molecule has 0 spiro atoms. The van der Waals surface area contributed by atoms with Crippen molar-refractivity contribution >= 4 is 11.9 Å². The SMILES string of the molecule is CC(Cc1ccccc1F)C(=O)N(C)C(C)C(=O)O. The maximum absolute atomic E-state index is 13.5. The first kappa shape index (κ1) is 15.1. The summed E-state index contributed by atoms with van der Waals surface area (Å²) in [7, 11) is 1.44. The minimum atomic E-state index is -1.06. The lowest BCUT2D eigenvalue weighted by atomic mass is 9.99. The third-order valence-corrected chi connectivity index (χ3v) is 3.19. The lowest BCUT2D eigenvalue weighted by Crippen LogP contribution is -2.43. The Balaban J connectivity index is 2.73. The average Bonchev–Trinajstić information content (AvgIpc) is 2.38. The number of rotatable bonds is 5. The molecule has 1 aromatic carbocycles. The highest BCUT2D eigenvalue weighted by Crippen LogP contribution is 2.15. The Kier molecular flexibility index (Phi) is 5.03. The van der Waals surface area contributed by atoms with Gasteiger partial charge < -0.3 is 10.0 Å². The van der Waals surface area contributed by atoms with E-state index >= 15 is 0 Å². The zero-order chi connectivity index (χ0) is 14.6. The van der Waals surface area contributed by atoms with Crippen LogP contribution in [0, 0.1) is 11.7 Å². The number of hydrogen-bond acceptors (Lipinski definition) is 2. The Labute approximate surface area is 111 Å². The van der Waals surface area contributed by atoms with Crippen LogP contribution in [-0.2, 0) is 16.0 Å². The standard InChI is InChI=1S/C14H18FNO3/c1-9(8-11-6-4-5-7-12(11)15)13(17)16(3)10(2)14(18)19/h4-7,9-10H,8H2,1-3H3,(H,18,19). The first-order valence-corrected chi connectivity index (χ1v) is 6.07. The highest BCUT2D eigenvalue weighted by molar-refractivity contribution is 5.84. The molecular formula is C14H18FNO3. The van der Waals surface area contributed by atoms with Crippen molar-refractivity contribution in [3.63, 3.8) is 0 Å². The minimum absolute atomic E-state index is 0.252. The number of carboxylic acid groups (broad SMARTS) is 1. The van der Waals surface area contributed by atoms with Crippen molar-refractivity contribution in [1.29, 1.82) is 0 Å². The van der Waals surface area contributed by atoms with E-state index in [-0.39, 0.29) is 18.1 Å². The molecule has 104 valence electrons. The monoisotopic (exact) mass is 267 g/mol. The summed E-state index contributed by atoms with van der Waals surface area (Å²) in [5.74, 6) is -2.19. The van der Waals surface area contributed by atoms with Crippen LogP contribution in [0.1, 0.15) is 19.4 Å². The molecule has 0 saturated heterocycles. The molecule has 0 radical (unpaired) electrons. The molecule has 1 rings (SSSR count). The summed E-state index contributed by atoms with van der Waals surface area (Å²) in [6.07, 6.45) is 0.252. The largest absolute Gasteiger partial charge is 0.480 e. The lowest BCUT2D eigenvalue weighted by Gasteiger charge is -2.25. The van der Waals surface area contributed by atoms with Crippen LogP contribution in [0.25, 0.3) is 0 Å². The van der Waals surface area contributed by atoms with Gasteiger partial charge in [0.15, 0.2) is 0 Å². The fourth-order valence-electron chi connectivity index (χ4n) is 1.79. The van der Waals surface area contributed by atoms with Gasteiger partial charge in [-0.1, -0.05) is 25.1 Å². The quantitative estimate of drug-likeness (QED) is 0.887. The van der Waals surface area contributed by atoms with Gasteiger partial charge in [-0.3, -0.25) is 4.79 Å². The second-order valence-electron chi connectivity index (χ2n) is 4.66. The van der Waals surface area contributed by atoms with Crippen LogP contribution in [0.5, 0.6) is 0 Å². The molecular weight excluding hydrogens is 249 g/mol. The summed E-state index contributed by atoms with van der Waals surface area (Å²) in [6, 6.07) is 5.37. The van der Waals surface area contributed by atoms with Crippen LogP contribution in [0.15, 0.2) is 24.3 Å². The number of benzene rings is 1. The van der Waals surface area contributed by atoms with Gasteiger partial charge in [-0.25, -0.2) is 9.18 Å². The summed E-state index contributed by atoms with van der Waals surface area (Å²) >= 11 is 0. The number of amides is 1. The van der Waals surface area contributed by atoms with Crippen LogP contribution in [-0.4, -0.2) is 35.0 Å². The maximum atomic E-state index is 13.5. The fraction of sp³-hybridized carbons (Fsp3) is 0.429. The maximum Gasteiger partial charge on any atom is 0.326 e. The van der Waals surface area contributed by atoms with Gasteiger partial charge in [0.2, 0.25) is 5.91 Å². The first-order valence-electron chi connectivity index (χ1n) is 6.07. The molecule has 2 atom stereocenters. The molecule has 2 unspecified atom stereocenters. The van der Waals surface area contributed by atoms with Gasteiger partial charge in [-0.2, -0.15) is 0 Å². The Morgan fingerprint density at radius 3 is 2.42 bits per heavy atom. The number of likely N-dealkylation sites (N-methyl/N-ethyl adjacent to an activating group) is 1. The molecule has 0 bridgehead atoms. The molecule has 1 aromatic rings. The van der Waals surface area contributed by atoms with Gasteiger partial charge >= 0.3 is 5.97 Å². The number of carboxylic acids is 1. The van der Waals surface area contributed by atoms with E-state index in [1.165, 1.54) is 24.9 Å². The smallest absolute Gasteiger partial charge is 0.326 e. The van der Waals surface area contributed by atoms with E-state index in [9.17, 15) is 14.0 Å². The normalized spacial score (nSPS) is 13.7. The molecule has 0 aliphatic rings. The van der Waals surface area contributed by atoms with E-state index in [4.69, 9.17) is 5.11 Å². The van der Waals surface area contributed by atoms with E-state index in [0.717, 1.165) is 0 Å².